The molecular weight excluding hydrogens is 161 g/mol. The molecule has 1 nitrogen and oxygen atoms in total. The minimum Gasteiger partial charge on any atom is -0.436 e. The van der Waals surface area contributed by atoms with Gasteiger partial charge in [0.15, 0.2) is 0 Å². The Morgan fingerprint density at radius 3 is 1.71 bits per heavy atom. The van der Waals surface area contributed by atoms with Crippen molar-refractivity contribution in [3.63, 3.8) is 0 Å². The second-order valence-corrected chi connectivity index (χ2v) is 4.13. The van der Waals surface area contributed by atoms with Crippen molar-refractivity contribution < 1.29 is 4.65 Å². The van der Waals surface area contributed by atoms with E-state index in [0.717, 1.165) is 6.61 Å². The predicted molar refractivity (Wildman–Crippen MR) is 66.0 cm³/mol. The van der Waals surface area contributed by atoms with E-state index in [1.165, 1.54) is 51.2 Å². The third-order valence-electron chi connectivity index (χ3n) is 2.61. The van der Waals surface area contributed by atoms with E-state index in [1.54, 1.807) is 0 Å². The molecule has 0 N–H and O–H groups in total. The van der Waals surface area contributed by atoms with E-state index < -0.39 is 0 Å². The van der Waals surface area contributed by atoms with E-state index >= 15 is 0 Å². The van der Waals surface area contributed by atoms with Crippen molar-refractivity contribution in [2.24, 2.45) is 0 Å². The van der Waals surface area contributed by atoms with Crippen LogP contribution in [0.1, 0.15) is 59.3 Å². The topological polar surface area (TPSA) is 9.23 Å². The predicted octanol–water partition coefficient (Wildman–Crippen LogP) is 4.39. The summed E-state index contributed by atoms with van der Waals surface area (Å²) < 4.78 is 5.89. The molecule has 0 rings (SSSR count). The van der Waals surface area contributed by atoms with Gasteiger partial charge in [-0.2, -0.15) is 0 Å². The van der Waals surface area contributed by atoms with Gasteiger partial charge in [-0.3, -0.25) is 0 Å². The zero-order valence-electron chi connectivity index (χ0n) is 10.3. The first-order valence-corrected chi connectivity index (χ1v) is 6.46. The Labute approximate surface area is 90.7 Å². The van der Waals surface area contributed by atoms with Crippen LogP contribution in [0.5, 0.6) is 0 Å². The summed E-state index contributed by atoms with van der Waals surface area (Å²) in [7, 11) is 0. The standard InChI is InChI=1S/C12H27BO/c1-4-7-10-13(11-8-5-2)14-12-9-6-3/h4-12H2,1-3H3/i13-10. The first-order valence-electron chi connectivity index (χ1n) is 6.46. The highest BCUT2D eigenvalue weighted by molar-refractivity contribution is 6.51. The molecule has 84 valence electrons. The molecule has 0 aliphatic carbocycles. The molecule has 0 aromatic carbocycles. The SMILES string of the molecule is CCCCO[1B](CCCC)CCCC. The highest BCUT2D eigenvalue weighted by atomic mass is 16.3. The average molecular weight is 188 g/mol. The van der Waals surface area contributed by atoms with Gasteiger partial charge in [-0.1, -0.05) is 52.9 Å². The van der Waals surface area contributed by atoms with Gasteiger partial charge in [0.2, 0.25) is 0 Å². The lowest BCUT2D eigenvalue weighted by molar-refractivity contribution is 0.307. The maximum absolute atomic E-state index is 5.89. The van der Waals surface area contributed by atoms with Crippen molar-refractivity contribution in [1.82, 2.24) is 0 Å². The Balaban J connectivity index is 3.49. The molecule has 0 aliphatic rings. The van der Waals surface area contributed by atoms with Gasteiger partial charge in [0.05, 0.1) is 0 Å². The largest absolute Gasteiger partial charge is 0.436 e. The van der Waals surface area contributed by atoms with E-state index in [9.17, 15) is 0 Å². The van der Waals surface area contributed by atoms with Crippen LogP contribution in [0.15, 0.2) is 0 Å². The number of unbranched alkanes of at least 4 members (excludes halogenated alkanes) is 3. The minimum absolute atomic E-state index is 0.543. The van der Waals surface area contributed by atoms with Crippen LogP contribution < -0.4 is 0 Å². The molecule has 0 aliphatic heterocycles. The smallest absolute Gasteiger partial charge is 0.293 e. The molecule has 0 saturated carbocycles. The third kappa shape index (κ3) is 8.62. The Kier molecular flexibility index (Phi) is 11.1. The molecule has 14 heavy (non-hydrogen) atoms. The van der Waals surface area contributed by atoms with Gasteiger partial charge in [0.25, 0.3) is 6.92 Å². The number of rotatable bonds is 10. The molecule has 0 amide bonds. The van der Waals surface area contributed by atoms with E-state index in [-0.39, 0.29) is 0 Å². The lowest BCUT2D eigenvalue weighted by Gasteiger charge is -2.13. The zero-order chi connectivity index (χ0) is 10.6. The van der Waals surface area contributed by atoms with Crippen molar-refractivity contribution in [1.29, 1.82) is 0 Å². The van der Waals surface area contributed by atoms with Crippen LogP contribution in [-0.4, -0.2) is 13.5 Å². The average Bonchev–Trinajstić information content (AvgIpc) is 2.21. The van der Waals surface area contributed by atoms with Gasteiger partial charge < -0.3 is 4.65 Å². The monoisotopic (exact) mass is 188 g/mol. The summed E-state index contributed by atoms with van der Waals surface area (Å²) in [5, 5.41) is 0. The second kappa shape index (κ2) is 11.1. The van der Waals surface area contributed by atoms with Crippen molar-refractivity contribution in [2.45, 2.75) is 71.9 Å². The Morgan fingerprint density at radius 1 is 0.786 bits per heavy atom. The fourth-order valence-corrected chi connectivity index (χ4v) is 1.57. The van der Waals surface area contributed by atoms with Gasteiger partial charge in [0, 0.05) is 6.61 Å². The third-order valence-corrected chi connectivity index (χ3v) is 2.61. The Bertz CT molecular complexity index is 98.5. The summed E-state index contributed by atoms with van der Waals surface area (Å²) in [5.41, 5.74) is 0. The van der Waals surface area contributed by atoms with E-state index in [2.05, 4.69) is 20.8 Å². The zero-order valence-corrected chi connectivity index (χ0v) is 10.3. The summed E-state index contributed by atoms with van der Waals surface area (Å²) in [6.45, 7) is 8.23. The summed E-state index contributed by atoms with van der Waals surface area (Å²) in [4.78, 5) is 0. The molecule has 0 spiro atoms. The lowest BCUT2D eigenvalue weighted by atomic mass is 0.755. The maximum atomic E-state index is 5.89. The van der Waals surface area contributed by atoms with Gasteiger partial charge in [0.1, 0.15) is 0 Å². The van der Waals surface area contributed by atoms with E-state index in [0.29, 0.717) is 6.92 Å². The summed E-state index contributed by atoms with van der Waals surface area (Å²) in [6.07, 6.45) is 10.2. The van der Waals surface area contributed by atoms with Crippen molar-refractivity contribution >= 4 is 6.92 Å². The molecule has 0 fully saturated rings. The van der Waals surface area contributed by atoms with Crippen molar-refractivity contribution in [3.05, 3.63) is 0 Å². The van der Waals surface area contributed by atoms with Crippen LogP contribution in [-0.2, 0) is 4.65 Å². The molecule has 0 radical (unpaired) electrons. The fourth-order valence-electron chi connectivity index (χ4n) is 1.57. The number of hydrogen-bond donors (Lipinski definition) is 0. The van der Waals surface area contributed by atoms with Crippen LogP contribution in [0.25, 0.3) is 0 Å². The first kappa shape index (κ1) is 14.0. The molecule has 2 heteroatoms. The summed E-state index contributed by atoms with van der Waals surface area (Å²) in [5.74, 6) is 0. The quantitative estimate of drug-likeness (QED) is 0.365. The van der Waals surface area contributed by atoms with Crippen molar-refractivity contribution in [2.75, 3.05) is 6.61 Å². The van der Waals surface area contributed by atoms with Crippen LogP contribution in [0.3, 0.4) is 0 Å². The van der Waals surface area contributed by atoms with Crippen molar-refractivity contribution in [3.8, 4) is 0 Å². The Hall–Kier alpha value is 0.0249. The highest BCUT2D eigenvalue weighted by Crippen LogP contribution is 2.11. The summed E-state index contributed by atoms with van der Waals surface area (Å²) in [6, 6.07) is 0. The minimum atomic E-state index is 0.543. The van der Waals surface area contributed by atoms with Gasteiger partial charge in [-0.25, -0.2) is 0 Å². The molecule has 0 aromatic heterocycles. The number of hydrogen-bond acceptors (Lipinski definition) is 1. The van der Waals surface area contributed by atoms with Crippen LogP contribution in [0.4, 0.5) is 0 Å². The van der Waals surface area contributed by atoms with Crippen LogP contribution >= 0.6 is 0 Å². The van der Waals surface area contributed by atoms with E-state index in [1.807, 2.05) is 0 Å². The summed E-state index contributed by atoms with van der Waals surface area (Å²) >= 11 is 0. The van der Waals surface area contributed by atoms with Crippen LogP contribution in [0.2, 0.25) is 12.6 Å². The van der Waals surface area contributed by atoms with Gasteiger partial charge in [-0.05, 0) is 19.1 Å². The molecule has 0 atom stereocenters. The van der Waals surface area contributed by atoms with Gasteiger partial charge in [-0.15, -0.1) is 0 Å². The molecule has 0 saturated heterocycles. The fraction of sp³-hybridized carbons (Fsp3) is 1.00. The molecule has 0 bridgehead atoms. The van der Waals surface area contributed by atoms with E-state index in [4.69, 9.17) is 4.65 Å². The lowest BCUT2D eigenvalue weighted by Crippen LogP contribution is -2.18. The second-order valence-electron chi connectivity index (χ2n) is 4.13. The maximum Gasteiger partial charge on any atom is 0.293 e. The normalized spacial score (nSPS) is 10.5. The Morgan fingerprint density at radius 2 is 1.29 bits per heavy atom. The van der Waals surface area contributed by atoms with Crippen LogP contribution in [0, 0.1) is 0 Å². The van der Waals surface area contributed by atoms with Gasteiger partial charge >= 0.3 is 0 Å². The molecule has 0 heterocycles. The molecule has 0 aromatic rings. The molecule has 0 unspecified atom stereocenters. The first-order chi connectivity index (χ1) is 6.85. The molecular formula is C12H27BO. The highest BCUT2D eigenvalue weighted by Gasteiger charge is 2.13.